The summed E-state index contributed by atoms with van der Waals surface area (Å²) in [5, 5.41) is 2.70. The van der Waals surface area contributed by atoms with Crippen LogP contribution < -0.4 is 5.32 Å². The Labute approximate surface area is 86.3 Å². The second-order valence-corrected chi connectivity index (χ2v) is 3.93. The number of carbonyl (C=O) groups excluding carboxylic acids is 1. The number of halogens is 2. The molecule has 0 radical (unpaired) electrons. The van der Waals surface area contributed by atoms with Crippen LogP contribution in [-0.2, 0) is 4.79 Å². The molecule has 1 N–H and O–H groups in total. The Morgan fingerprint density at radius 3 is 2.33 bits per heavy atom. The molecule has 4 heteroatoms. The van der Waals surface area contributed by atoms with Crippen LogP contribution in [0.1, 0.15) is 24.9 Å². The predicted molar refractivity (Wildman–Crippen MR) is 51.0 cm³/mol. The molecule has 0 aliphatic carbocycles. The quantitative estimate of drug-likeness (QED) is 0.757. The fourth-order valence-corrected chi connectivity index (χ4v) is 1.95. The first-order valence-corrected chi connectivity index (χ1v) is 4.81. The molecular formula is C11H11F2NO. The van der Waals surface area contributed by atoms with Crippen LogP contribution in [0.2, 0.25) is 0 Å². The van der Waals surface area contributed by atoms with E-state index in [1.165, 1.54) is 12.1 Å². The van der Waals surface area contributed by atoms with Crippen molar-refractivity contribution < 1.29 is 13.6 Å². The third-order valence-corrected chi connectivity index (χ3v) is 2.64. The predicted octanol–water partition coefficient (Wildman–Crippen LogP) is 2.16. The molecule has 15 heavy (non-hydrogen) atoms. The van der Waals surface area contributed by atoms with Crippen LogP contribution in [0.4, 0.5) is 8.78 Å². The molecule has 1 heterocycles. The fourth-order valence-electron chi connectivity index (χ4n) is 1.95. The number of benzene rings is 1. The van der Waals surface area contributed by atoms with Crippen molar-refractivity contribution in [2.24, 2.45) is 5.92 Å². The lowest BCUT2D eigenvalue weighted by atomic mass is 9.96. The summed E-state index contributed by atoms with van der Waals surface area (Å²) in [5.41, 5.74) is 0.492. The average molecular weight is 211 g/mol. The number of hydrogen-bond acceptors (Lipinski definition) is 1. The Hall–Kier alpha value is -1.45. The summed E-state index contributed by atoms with van der Waals surface area (Å²) in [4.78, 5) is 11.1. The van der Waals surface area contributed by atoms with Gasteiger partial charge in [-0.1, -0.05) is 6.92 Å². The van der Waals surface area contributed by atoms with Crippen molar-refractivity contribution in [2.45, 2.75) is 19.4 Å². The summed E-state index contributed by atoms with van der Waals surface area (Å²) in [6.07, 6.45) is 0.406. The Bertz CT molecular complexity index is 385. The van der Waals surface area contributed by atoms with E-state index in [0.29, 0.717) is 12.0 Å². The lowest BCUT2D eigenvalue weighted by Gasteiger charge is -2.15. The normalized spacial score (nSPS) is 25.4. The number of hydrogen-bond donors (Lipinski definition) is 1. The van der Waals surface area contributed by atoms with E-state index in [9.17, 15) is 13.6 Å². The smallest absolute Gasteiger partial charge is 0.220 e. The Morgan fingerprint density at radius 2 is 1.87 bits per heavy atom. The van der Waals surface area contributed by atoms with Gasteiger partial charge in [-0.15, -0.1) is 0 Å². The van der Waals surface area contributed by atoms with Crippen molar-refractivity contribution in [3.8, 4) is 0 Å². The van der Waals surface area contributed by atoms with Crippen molar-refractivity contribution in [3.05, 3.63) is 35.4 Å². The van der Waals surface area contributed by atoms with Gasteiger partial charge in [0, 0.05) is 12.5 Å². The van der Waals surface area contributed by atoms with E-state index < -0.39 is 11.6 Å². The van der Waals surface area contributed by atoms with E-state index in [1.807, 2.05) is 6.92 Å². The second-order valence-electron chi connectivity index (χ2n) is 3.93. The van der Waals surface area contributed by atoms with Gasteiger partial charge in [0.25, 0.3) is 0 Å². The van der Waals surface area contributed by atoms with Gasteiger partial charge in [0.1, 0.15) is 11.6 Å². The molecule has 80 valence electrons. The third kappa shape index (κ3) is 1.98. The zero-order valence-electron chi connectivity index (χ0n) is 8.26. The van der Waals surface area contributed by atoms with Crippen LogP contribution in [0, 0.1) is 17.6 Å². The van der Waals surface area contributed by atoms with Gasteiger partial charge in [0.2, 0.25) is 5.91 Å². The number of carbonyl (C=O) groups is 1. The van der Waals surface area contributed by atoms with E-state index in [0.717, 1.165) is 6.07 Å². The van der Waals surface area contributed by atoms with Crippen LogP contribution in [0.15, 0.2) is 18.2 Å². The van der Waals surface area contributed by atoms with E-state index in [2.05, 4.69) is 5.32 Å². The Kier molecular flexibility index (Phi) is 2.42. The fraction of sp³-hybridized carbons (Fsp3) is 0.364. The molecule has 1 aliphatic heterocycles. The first-order chi connectivity index (χ1) is 7.06. The topological polar surface area (TPSA) is 29.1 Å². The van der Waals surface area contributed by atoms with Gasteiger partial charge in [-0.05, 0) is 23.6 Å². The highest BCUT2D eigenvalue weighted by Gasteiger charge is 2.30. The summed E-state index contributed by atoms with van der Waals surface area (Å²) < 4.78 is 25.9. The van der Waals surface area contributed by atoms with Crippen LogP contribution in [-0.4, -0.2) is 5.91 Å². The SMILES string of the molecule is C[C@H]1CC(=O)N[C@@H]1c1cc(F)cc(F)c1. The van der Waals surface area contributed by atoms with Crippen LogP contribution in [0.3, 0.4) is 0 Å². The summed E-state index contributed by atoms with van der Waals surface area (Å²) in [6.45, 7) is 1.88. The molecule has 1 aromatic rings. The molecule has 2 nitrogen and oxygen atoms in total. The Balaban J connectivity index is 2.33. The van der Waals surface area contributed by atoms with Crippen LogP contribution in [0.5, 0.6) is 0 Å². The van der Waals surface area contributed by atoms with E-state index >= 15 is 0 Å². The van der Waals surface area contributed by atoms with Crippen molar-refractivity contribution in [2.75, 3.05) is 0 Å². The maximum Gasteiger partial charge on any atom is 0.220 e. The van der Waals surface area contributed by atoms with Gasteiger partial charge in [0.15, 0.2) is 0 Å². The molecule has 1 aliphatic rings. The monoisotopic (exact) mass is 211 g/mol. The molecule has 0 aromatic heterocycles. The lowest BCUT2D eigenvalue weighted by Crippen LogP contribution is -2.20. The maximum absolute atomic E-state index is 13.0. The van der Waals surface area contributed by atoms with Crippen molar-refractivity contribution in [1.29, 1.82) is 0 Å². The molecule has 0 spiro atoms. The molecule has 1 amide bonds. The largest absolute Gasteiger partial charge is 0.349 e. The van der Waals surface area contributed by atoms with Gasteiger partial charge < -0.3 is 5.32 Å². The maximum atomic E-state index is 13.0. The molecule has 2 rings (SSSR count). The molecule has 0 unspecified atom stereocenters. The zero-order valence-corrected chi connectivity index (χ0v) is 8.26. The van der Waals surface area contributed by atoms with E-state index in [-0.39, 0.29) is 17.9 Å². The first kappa shape index (κ1) is 10.1. The minimum atomic E-state index is -0.613. The highest BCUT2D eigenvalue weighted by Crippen LogP contribution is 2.30. The zero-order chi connectivity index (χ0) is 11.0. The summed E-state index contributed by atoms with van der Waals surface area (Å²) in [6, 6.07) is 3.07. The third-order valence-electron chi connectivity index (χ3n) is 2.64. The molecule has 0 saturated carbocycles. The van der Waals surface area contributed by atoms with Gasteiger partial charge >= 0.3 is 0 Å². The van der Waals surface area contributed by atoms with Crippen LogP contribution >= 0.6 is 0 Å². The van der Waals surface area contributed by atoms with Gasteiger partial charge in [-0.25, -0.2) is 8.78 Å². The highest BCUT2D eigenvalue weighted by molar-refractivity contribution is 5.79. The van der Waals surface area contributed by atoms with Crippen molar-refractivity contribution in [3.63, 3.8) is 0 Å². The summed E-state index contributed by atoms with van der Waals surface area (Å²) >= 11 is 0. The molecule has 1 saturated heterocycles. The standard InChI is InChI=1S/C11H11F2NO/c1-6-2-10(15)14-11(6)7-3-8(12)5-9(13)4-7/h3-6,11H,2H2,1H3,(H,14,15)/t6-,11-/m0/s1. The molecular weight excluding hydrogens is 200 g/mol. The van der Waals surface area contributed by atoms with Gasteiger partial charge in [-0.2, -0.15) is 0 Å². The van der Waals surface area contributed by atoms with Crippen molar-refractivity contribution >= 4 is 5.91 Å². The summed E-state index contributed by atoms with van der Waals surface area (Å²) in [7, 11) is 0. The first-order valence-electron chi connectivity index (χ1n) is 4.81. The van der Waals surface area contributed by atoms with E-state index in [4.69, 9.17) is 0 Å². The molecule has 0 bridgehead atoms. The van der Waals surface area contributed by atoms with E-state index in [1.54, 1.807) is 0 Å². The highest BCUT2D eigenvalue weighted by atomic mass is 19.1. The minimum absolute atomic E-state index is 0.0682. The Morgan fingerprint density at radius 1 is 1.27 bits per heavy atom. The van der Waals surface area contributed by atoms with Crippen molar-refractivity contribution in [1.82, 2.24) is 5.32 Å². The van der Waals surface area contributed by atoms with Gasteiger partial charge in [0.05, 0.1) is 6.04 Å². The van der Waals surface area contributed by atoms with Crippen LogP contribution in [0.25, 0.3) is 0 Å². The molecule has 1 fully saturated rings. The molecule has 2 atom stereocenters. The molecule has 1 aromatic carbocycles. The average Bonchev–Trinajstić information content (AvgIpc) is 2.43. The second kappa shape index (κ2) is 3.61. The number of rotatable bonds is 1. The lowest BCUT2D eigenvalue weighted by molar-refractivity contribution is -0.119. The number of nitrogens with one attached hydrogen (secondary N) is 1. The summed E-state index contributed by atoms with van der Waals surface area (Å²) in [5.74, 6) is -1.23. The van der Waals surface area contributed by atoms with Gasteiger partial charge in [-0.3, -0.25) is 4.79 Å². The number of amides is 1. The minimum Gasteiger partial charge on any atom is -0.349 e.